The van der Waals surface area contributed by atoms with Gasteiger partial charge in [0.25, 0.3) is 0 Å². The van der Waals surface area contributed by atoms with E-state index in [1.54, 1.807) is 4.90 Å². The molecule has 1 atom stereocenters. The second-order valence-corrected chi connectivity index (χ2v) is 8.02. The van der Waals surface area contributed by atoms with E-state index in [4.69, 9.17) is 14.2 Å². The Labute approximate surface area is 160 Å². The van der Waals surface area contributed by atoms with Crippen molar-refractivity contribution in [2.45, 2.75) is 39.2 Å². The van der Waals surface area contributed by atoms with Gasteiger partial charge in [0.1, 0.15) is 23.9 Å². The molecule has 0 aliphatic carbocycles. The topological polar surface area (TPSA) is 68.3 Å². The van der Waals surface area contributed by atoms with Crippen molar-refractivity contribution in [3.05, 3.63) is 23.3 Å². The average molecular weight is 376 g/mol. The molecule has 1 fully saturated rings. The van der Waals surface area contributed by atoms with Gasteiger partial charge in [-0.25, -0.2) is 4.79 Å². The maximum Gasteiger partial charge on any atom is 0.410 e. The van der Waals surface area contributed by atoms with Crippen molar-refractivity contribution in [2.24, 2.45) is 0 Å². The number of methoxy groups -OCH3 is 1. The number of esters is 1. The Morgan fingerprint density at radius 1 is 1.15 bits per heavy atom. The number of ether oxygens (including phenoxy) is 3. The molecule has 0 spiro atoms. The summed E-state index contributed by atoms with van der Waals surface area (Å²) >= 11 is 0. The lowest BCUT2D eigenvalue weighted by Crippen LogP contribution is -2.50. The fourth-order valence-corrected chi connectivity index (χ4v) is 3.49. The van der Waals surface area contributed by atoms with Crippen LogP contribution in [0, 0.1) is 6.92 Å². The number of hydrogen-bond acceptors (Lipinski definition) is 6. The van der Waals surface area contributed by atoms with Crippen LogP contribution in [-0.4, -0.2) is 62.5 Å². The van der Waals surface area contributed by atoms with Gasteiger partial charge in [-0.3, -0.25) is 4.79 Å². The van der Waals surface area contributed by atoms with Gasteiger partial charge in [0.15, 0.2) is 0 Å². The molecule has 0 radical (unpaired) electrons. The summed E-state index contributed by atoms with van der Waals surface area (Å²) in [5.41, 5.74) is 2.55. The highest BCUT2D eigenvalue weighted by Crippen LogP contribution is 2.39. The molecule has 2 aliphatic heterocycles. The Balaban J connectivity index is 1.69. The van der Waals surface area contributed by atoms with E-state index >= 15 is 0 Å². The molecular weight excluding hydrogens is 348 g/mol. The Kier molecular flexibility index (Phi) is 5.22. The summed E-state index contributed by atoms with van der Waals surface area (Å²) in [6.07, 6.45) is -0.267. The number of piperazine rings is 1. The summed E-state index contributed by atoms with van der Waals surface area (Å²) in [5.74, 6) is 0.106. The van der Waals surface area contributed by atoms with E-state index in [0.717, 1.165) is 35.7 Å². The summed E-state index contributed by atoms with van der Waals surface area (Å²) in [5, 5.41) is 0. The third-order valence-corrected chi connectivity index (χ3v) is 4.87. The monoisotopic (exact) mass is 376 g/mol. The van der Waals surface area contributed by atoms with E-state index in [2.05, 4.69) is 4.90 Å². The number of carbonyl (C=O) groups is 2. The SMILES string of the molecule is COC(=O)C1COc2cc(N3CCN(C(=O)OC(C)(C)C)CC3)c(C)cc21. The molecule has 148 valence electrons. The summed E-state index contributed by atoms with van der Waals surface area (Å²) < 4.78 is 16.0. The summed E-state index contributed by atoms with van der Waals surface area (Å²) in [6.45, 7) is 10.6. The third-order valence-electron chi connectivity index (χ3n) is 4.87. The Bertz CT molecular complexity index is 733. The molecule has 1 aromatic carbocycles. The van der Waals surface area contributed by atoms with Gasteiger partial charge in [-0.2, -0.15) is 0 Å². The summed E-state index contributed by atoms with van der Waals surface area (Å²) in [6, 6.07) is 4.01. The van der Waals surface area contributed by atoms with E-state index in [-0.39, 0.29) is 18.0 Å². The number of hydrogen-bond donors (Lipinski definition) is 0. The average Bonchev–Trinajstić information content (AvgIpc) is 3.01. The maximum atomic E-state index is 12.2. The highest BCUT2D eigenvalue weighted by Gasteiger charge is 2.33. The molecule has 7 nitrogen and oxygen atoms in total. The standard InChI is InChI=1S/C20H28N2O5/c1-13-10-14-15(18(23)25-5)12-26-17(14)11-16(13)21-6-8-22(9-7-21)19(24)27-20(2,3)4/h10-11,15H,6-9,12H2,1-5H3. The molecule has 3 rings (SSSR count). The van der Waals surface area contributed by atoms with Crippen molar-refractivity contribution in [1.82, 2.24) is 4.90 Å². The van der Waals surface area contributed by atoms with Crippen molar-refractivity contribution in [3.8, 4) is 5.75 Å². The first-order valence-electron chi connectivity index (χ1n) is 9.27. The van der Waals surface area contributed by atoms with Gasteiger partial charge >= 0.3 is 12.1 Å². The molecule has 1 unspecified atom stereocenters. The van der Waals surface area contributed by atoms with Crippen molar-refractivity contribution >= 4 is 17.7 Å². The molecule has 1 saturated heterocycles. The van der Waals surface area contributed by atoms with E-state index in [1.807, 2.05) is 39.8 Å². The highest BCUT2D eigenvalue weighted by molar-refractivity contribution is 5.81. The van der Waals surface area contributed by atoms with Crippen molar-refractivity contribution in [1.29, 1.82) is 0 Å². The number of rotatable bonds is 2. The van der Waals surface area contributed by atoms with Crippen LogP contribution in [0.25, 0.3) is 0 Å². The lowest BCUT2D eigenvalue weighted by atomic mass is 9.98. The predicted octanol–water partition coefficient (Wildman–Crippen LogP) is 2.70. The van der Waals surface area contributed by atoms with E-state index in [1.165, 1.54) is 7.11 Å². The van der Waals surface area contributed by atoms with Crippen LogP contribution in [0.3, 0.4) is 0 Å². The summed E-state index contributed by atoms with van der Waals surface area (Å²) in [4.78, 5) is 28.1. The van der Waals surface area contributed by atoms with Gasteiger partial charge in [-0.15, -0.1) is 0 Å². The van der Waals surface area contributed by atoms with Gasteiger partial charge in [-0.1, -0.05) is 0 Å². The zero-order chi connectivity index (χ0) is 19.8. The quantitative estimate of drug-likeness (QED) is 0.740. The lowest BCUT2D eigenvalue weighted by Gasteiger charge is -2.37. The highest BCUT2D eigenvalue weighted by atomic mass is 16.6. The van der Waals surface area contributed by atoms with Crippen molar-refractivity contribution in [3.63, 3.8) is 0 Å². The summed E-state index contributed by atoms with van der Waals surface area (Å²) in [7, 11) is 1.39. The second kappa shape index (κ2) is 7.29. The van der Waals surface area contributed by atoms with Gasteiger partial charge in [0.2, 0.25) is 0 Å². The number of anilines is 1. The zero-order valence-corrected chi connectivity index (χ0v) is 16.7. The van der Waals surface area contributed by atoms with Gasteiger partial charge in [-0.05, 0) is 39.3 Å². The molecule has 0 N–H and O–H groups in total. The molecule has 27 heavy (non-hydrogen) atoms. The Morgan fingerprint density at radius 3 is 2.41 bits per heavy atom. The fraction of sp³-hybridized carbons (Fsp3) is 0.600. The molecule has 1 aromatic rings. The van der Waals surface area contributed by atoms with E-state index in [9.17, 15) is 9.59 Å². The van der Waals surface area contributed by atoms with Crippen LogP contribution in [-0.2, 0) is 14.3 Å². The van der Waals surface area contributed by atoms with Crippen LogP contribution in [0.2, 0.25) is 0 Å². The number of nitrogens with zero attached hydrogens (tertiary/aromatic N) is 2. The third kappa shape index (κ3) is 4.12. The van der Waals surface area contributed by atoms with Crippen LogP contribution in [0.5, 0.6) is 5.75 Å². The second-order valence-electron chi connectivity index (χ2n) is 8.02. The number of fused-ring (bicyclic) bond motifs is 1. The van der Waals surface area contributed by atoms with Crippen LogP contribution < -0.4 is 9.64 Å². The van der Waals surface area contributed by atoms with Crippen LogP contribution in [0.4, 0.5) is 10.5 Å². The molecule has 7 heteroatoms. The van der Waals surface area contributed by atoms with Crippen LogP contribution in [0.15, 0.2) is 12.1 Å². The van der Waals surface area contributed by atoms with Gasteiger partial charge < -0.3 is 24.0 Å². The Hall–Kier alpha value is -2.44. The number of benzene rings is 1. The minimum atomic E-state index is -0.488. The van der Waals surface area contributed by atoms with Gasteiger partial charge in [0.05, 0.1) is 7.11 Å². The maximum absolute atomic E-state index is 12.2. The molecular formula is C20H28N2O5. The number of carbonyl (C=O) groups excluding carboxylic acids is 2. The minimum absolute atomic E-state index is 0.267. The predicted molar refractivity (Wildman–Crippen MR) is 101 cm³/mol. The first kappa shape index (κ1) is 19.3. The molecule has 0 saturated carbocycles. The first-order chi connectivity index (χ1) is 12.7. The van der Waals surface area contributed by atoms with Crippen molar-refractivity contribution < 1.29 is 23.8 Å². The minimum Gasteiger partial charge on any atom is -0.492 e. The Morgan fingerprint density at radius 2 is 1.81 bits per heavy atom. The van der Waals surface area contributed by atoms with E-state index in [0.29, 0.717) is 19.7 Å². The number of aryl methyl sites for hydroxylation is 1. The molecule has 0 bridgehead atoms. The zero-order valence-electron chi connectivity index (χ0n) is 16.7. The molecule has 0 aromatic heterocycles. The first-order valence-corrected chi connectivity index (χ1v) is 9.27. The molecule has 2 aliphatic rings. The fourth-order valence-electron chi connectivity index (χ4n) is 3.49. The normalized spacial score (nSPS) is 19.4. The van der Waals surface area contributed by atoms with Crippen LogP contribution in [0.1, 0.15) is 37.8 Å². The van der Waals surface area contributed by atoms with Gasteiger partial charge in [0, 0.05) is 43.5 Å². The van der Waals surface area contributed by atoms with E-state index < -0.39 is 5.60 Å². The molecule has 1 amide bonds. The lowest BCUT2D eigenvalue weighted by molar-refractivity contribution is -0.142. The smallest absolute Gasteiger partial charge is 0.410 e. The van der Waals surface area contributed by atoms with Crippen molar-refractivity contribution in [2.75, 3.05) is 44.8 Å². The largest absolute Gasteiger partial charge is 0.492 e. The number of amides is 1. The van der Waals surface area contributed by atoms with Crippen LogP contribution >= 0.6 is 0 Å². The molecule has 2 heterocycles.